The van der Waals surface area contributed by atoms with Gasteiger partial charge in [-0.15, -0.1) is 0 Å². The fourth-order valence-corrected chi connectivity index (χ4v) is 4.62. The van der Waals surface area contributed by atoms with E-state index >= 15 is 0 Å². The van der Waals surface area contributed by atoms with Crippen molar-refractivity contribution >= 4 is 46.9 Å². The molecule has 0 bridgehead atoms. The summed E-state index contributed by atoms with van der Waals surface area (Å²) < 4.78 is 10.2. The van der Waals surface area contributed by atoms with Gasteiger partial charge in [-0.2, -0.15) is 0 Å². The van der Waals surface area contributed by atoms with Gasteiger partial charge in [0.15, 0.2) is 11.6 Å². The molecule has 0 unspecified atom stereocenters. The van der Waals surface area contributed by atoms with Crippen LogP contribution in [0.25, 0.3) is 0 Å². The molecule has 0 aliphatic carbocycles. The van der Waals surface area contributed by atoms with E-state index in [1.54, 1.807) is 13.8 Å². The Hall–Kier alpha value is -3.80. The first-order valence-electron chi connectivity index (χ1n) is 15.4. The van der Waals surface area contributed by atoms with Gasteiger partial charge < -0.3 is 30.0 Å². The summed E-state index contributed by atoms with van der Waals surface area (Å²) in [5, 5.41) is 32.1. The monoisotopic (exact) mass is 674 g/mol. The second kappa shape index (κ2) is 24.4. The van der Waals surface area contributed by atoms with E-state index in [1.165, 1.54) is 25.0 Å². The van der Waals surface area contributed by atoms with Crippen molar-refractivity contribution < 1.29 is 63.4 Å². The van der Waals surface area contributed by atoms with Crippen LogP contribution < -0.4 is 21.6 Å². The number of Topliss-reactive ketones (excluding diaryl/α,β-unsaturated/α-hetero) is 3. The zero-order valence-electron chi connectivity index (χ0n) is 27.5. The van der Waals surface area contributed by atoms with Crippen LogP contribution in [-0.4, -0.2) is 101 Å². The number of carbonyl (C=O) groups is 8. The maximum absolute atomic E-state index is 13.5. The van der Waals surface area contributed by atoms with Crippen LogP contribution >= 0.6 is 0 Å². The molecule has 0 aromatic heterocycles. The van der Waals surface area contributed by atoms with E-state index in [1.807, 2.05) is 0 Å². The van der Waals surface area contributed by atoms with Crippen LogP contribution in [0.4, 0.5) is 0 Å². The minimum absolute atomic E-state index is 0.0323. The van der Waals surface area contributed by atoms with Crippen molar-refractivity contribution in [3.05, 3.63) is 0 Å². The Labute approximate surface area is 273 Å². The number of carbonyl (C=O) groups excluding carboxylic acids is 7. The van der Waals surface area contributed by atoms with Crippen LogP contribution in [0, 0.1) is 17.8 Å². The molecule has 268 valence electrons. The van der Waals surface area contributed by atoms with Gasteiger partial charge in [-0.25, -0.2) is 11.0 Å². The van der Waals surface area contributed by atoms with Crippen LogP contribution in [0.5, 0.6) is 0 Å². The van der Waals surface area contributed by atoms with Crippen molar-refractivity contribution in [1.29, 1.82) is 0 Å². The summed E-state index contributed by atoms with van der Waals surface area (Å²) in [7, 11) is 1.51. The Morgan fingerprint density at radius 2 is 1.26 bits per heavy atom. The second-order valence-corrected chi connectivity index (χ2v) is 11.6. The summed E-state index contributed by atoms with van der Waals surface area (Å²) in [5.41, 5.74) is 2.89. The molecule has 0 heterocycles. The lowest BCUT2D eigenvalue weighted by atomic mass is 9.89. The molecule has 4 atom stereocenters. The molecule has 17 nitrogen and oxygen atoms in total. The van der Waals surface area contributed by atoms with Crippen molar-refractivity contribution in [3.8, 4) is 0 Å². The van der Waals surface area contributed by atoms with Gasteiger partial charge >= 0.3 is 5.97 Å². The topological polar surface area (TPSA) is 264 Å². The molecule has 0 fully saturated rings. The van der Waals surface area contributed by atoms with Crippen LogP contribution in [0.2, 0.25) is 0 Å². The van der Waals surface area contributed by atoms with Crippen molar-refractivity contribution in [2.24, 2.45) is 17.8 Å². The first-order chi connectivity index (χ1) is 22.1. The summed E-state index contributed by atoms with van der Waals surface area (Å²) in [5.74, 6) is -8.66. The number of rotatable bonds is 27. The summed E-state index contributed by atoms with van der Waals surface area (Å²) >= 11 is 0. The third kappa shape index (κ3) is 20.1. The van der Waals surface area contributed by atoms with E-state index in [-0.39, 0.29) is 57.5 Å². The molecule has 0 aliphatic rings. The predicted octanol–water partition coefficient (Wildman–Crippen LogP) is 0.231. The van der Waals surface area contributed by atoms with Gasteiger partial charge in [0.1, 0.15) is 5.78 Å². The fourth-order valence-electron chi connectivity index (χ4n) is 4.62. The van der Waals surface area contributed by atoms with Gasteiger partial charge in [0.05, 0.1) is 37.6 Å². The van der Waals surface area contributed by atoms with Gasteiger partial charge in [0.25, 0.3) is 0 Å². The SMILES string of the molecule is COCCOCCCC(=O)[C@@H](CCC(=O)NO)NC(=O)[C@H](CCC(=O)NO)CC(=O)[C@@H](CC(C)C)NC(=O)[C@@H](CC(C)=O)CC(=O)O. The summed E-state index contributed by atoms with van der Waals surface area (Å²) in [6.45, 7) is 5.65. The highest BCUT2D eigenvalue weighted by atomic mass is 16.5. The Bertz CT molecular complexity index is 1050. The Balaban J connectivity index is 6.00. The maximum atomic E-state index is 13.5. The molecular formula is C30H50N4O13. The molecule has 0 aliphatic heterocycles. The third-order valence-corrected chi connectivity index (χ3v) is 7.03. The van der Waals surface area contributed by atoms with Crippen molar-refractivity contribution in [2.75, 3.05) is 26.9 Å². The van der Waals surface area contributed by atoms with E-state index in [0.717, 1.165) is 0 Å². The van der Waals surface area contributed by atoms with Crippen molar-refractivity contribution in [2.45, 2.75) is 97.1 Å². The maximum Gasteiger partial charge on any atom is 0.304 e. The summed E-state index contributed by atoms with van der Waals surface area (Å²) in [6, 6.07) is -2.37. The third-order valence-electron chi connectivity index (χ3n) is 7.03. The number of methoxy groups -OCH3 is 1. The normalized spacial score (nSPS) is 13.5. The van der Waals surface area contributed by atoms with Crippen LogP contribution in [0.15, 0.2) is 0 Å². The van der Waals surface area contributed by atoms with Gasteiger partial charge in [-0.05, 0) is 38.5 Å². The average Bonchev–Trinajstić information content (AvgIpc) is 3.00. The number of hydroxylamine groups is 2. The molecule has 0 saturated heterocycles. The lowest BCUT2D eigenvalue weighted by Crippen LogP contribution is -2.48. The average molecular weight is 675 g/mol. The number of nitrogens with one attached hydrogen (secondary N) is 4. The zero-order chi connectivity index (χ0) is 35.9. The van der Waals surface area contributed by atoms with E-state index in [0.29, 0.717) is 19.6 Å². The molecule has 4 amide bonds. The first-order valence-corrected chi connectivity index (χ1v) is 15.4. The molecule has 0 saturated carbocycles. The van der Waals surface area contributed by atoms with Gasteiger partial charge in [-0.1, -0.05) is 13.8 Å². The number of ether oxygens (including phenoxy) is 2. The standard InChI is InChI=1S/C30H50N4O13/c1-18(2)14-23(32-30(43)21(15-19(3)35)17-28(40)41)25(37)16-20(7-9-26(38)33-44)29(42)31-22(8-10-27(39)34-45)24(36)6-5-11-47-13-12-46-4/h18,20-23,44-45H,5-17H2,1-4H3,(H,31,42)(H,32,43)(H,33,38)(H,34,39)(H,40,41)/t20-,21+,22-,23-/m1/s1. The number of carboxylic acid groups (broad SMARTS) is 1. The number of hydrogen-bond acceptors (Lipinski definition) is 12. The molecule has 7 N–H and O–H groups in total. The molecule has 17 heteroatoms. The highest BCUT2D eigenvalue weighted by molar-refractivity contribution is 5.96. The number of aliphatic carboxylic acids is 1. The van der Waals surface area contributed by atoms with Crippen LogP contribution in [0.1, 0.15) is 85.0 Å². The smallest absolute Gasteiger partial charge is 0.304 e. The summed E-state index contributed by atoms with van der Waals surface area (Å²) in [4.78, 5) is 99.4. The molecule has 0 aromatic rings. The first kappa shape index (κ1) is 43.2. The van der Waals surface area contributed by atoms with Gasteiger partial charge in [0, 0.05) is 51.7 Å². The Morgan fingerprint density at radius 1 is 0.681 bits per heavy atom. The minimum Gasteiger partial charge on any atom is -0.481 e. The highest BCUT2D eigenvalue weighted by Gasteiger charge is 2.33. The summed E-state index contributed by atoms with van der Waals surface area (Å²) in [6.07, 6.45) is -2.28. The molecular weight excluding hydrogens is 624 g/mol. The van der Waals surface area contributed by atoms with Crippen molar-refractivity contribution in [1.82, 2.24) is 21.6 Å². The van der Waals surface area contributed by atoms with E-state index in [2.05, 4.69) is 10.6 Å². The van der Waals surface area contributed by atoms with E-state index < -0.39 is 83.7 Å². The highest BCUT2D eigenvalue weighted by Crippen LogP contribution is 2.19. The molecule has 0 rings (SSSR count). The lowest BCUT2D eigenvalue weighted by molar-refractivity contribution is -0.142. The van der Waals surface area contributed by atoms with Crippen molar-refractivity contribution in [3.63, 3.8) is 0 Å². The Kier molecular flexibility index (Phi) is 22.4. The minimum atomic E-state index is -1.31. The number of hydrogen-bond donors (Lipinski definition) is 7. The number of ketones is 3. The van der Waals surface area contributed by atoms with Crippen LogP contribution in [-0.2, 0) is 47.8 Å². The second-order valence-electron chi connectivity index (χ2n) is 11.6. The largest absolute Gasteiger partial charge is 0.481 e. The number of carboxylic acids is 1. The predicted molar refractivity (Wildman–Crippen MR) is 163 cm³/mol. The fraction of sp³-hybridized carbons (Fsp3) is 0.733. The quantitative estimate of drug-likeness (QED) is 0.0350. The molecule has 47 heavy (non-hydrogen) atoms. The van der Waals surface area contributed by atoms with E-state index in [4.69, 9.17) is 19.9 Å². The molecule has 0 radical (unpaired) electrons. The zero-order valence-corrected chi connectivity index (χ0v) is 27.5. The lowest BCUT2D eigenvalue weighted by Gasteiger charge is -2.25. The van der Waals surface area contributed by atoms with Crippen LogP contribution in [0.3, 0.4) is 0 Å². The molecule has 0 spiro atoms. The van der Waals surface area contributed by atoms with Gasteiger partial charge in [0.2, 0.25) is 23.6 Å². The number of amides is 4. The molecule has 0 aromatic carbocycles. The van der Waals surface area contributed by atoms with E-state index in [9.17, 15) is 43.5 Å². The van der Waals surface area contributed by atoms with Gasteiger partial charge in [-0.3, -0.25) is 44.0 Å². The Morgan fingerprint density at radius 3 is 1.79 bits per heavy atom.